The first kappa shape index (κ1) is 17.1. The molecule has 22 heavy (non-hydrogen) atoms. The normalized spacial score (nSPS) is 11.1. The Balaban J connectivity index is 2.42. The van der Waals surface area contributed by atoms with Gasteiger partial charge in [-0.05, 0) is 80.3 Å². The second-order valence-electron chi connectivity index (χ2n) is 4.42. The van der Waals surface area contributed by atoms with Crippen LogP contribution in [0.25, 0.3) is 11.6 Å². The molecule has 2 nitrogen and oxygen atoms in total. The summed E-state index contributed by atoms with van der Waals surface area (Å²) in [5, 5.41) is 10.0. The summed E-state index contributed by atoms with van der Waals surface area (Å²) in [7, 11) is 0. The molecule has 0 unspecified atom stereocenters. The Kier molecular flexibility index (Phi) is 6.07. The molecular weight excluding hydrogens is 429 g/mol. The maximum absolute atomic E-state index is 9.39. The van der Waals surface area contributed by atoms with Gasteiger partial charge in [-0.15, -0.1) is 0 Å². The first-order valence-corrected chi connectivity index (χ1v) is 8.51. The number of benzene rings is 2. The van der Waals surface area contributed by atoms with Crippen molar-refractivity contribution in [3.05, 3.63) is 61.5 Å². The molecule has 0 radical (unpaired) electrons. The molecule has 2 aromatic carbocycles. The summed E-state index contributed by atoms with van der Waals surface area (Å²) < 4.78 is 7.23. The van der Waals surface area contributed by atoms with E-state index in [1.165, 1.54) is 0 Å². The van der Waals surface area contributed by atoms with Crippen LogP contribution < -0.4 is 4.74 Å². The smallest absolute Gasteiger partial charge is 0.147 e. The Morgan fingerprint density at radius 2 is 1.82 bits per heavy atom. The predicted octanol–water partition coefficient (Wildman–Crippen LogP) is 6.33. The van der Waals surface area contributed by atoms with Gasteiger partial charge in [0.25, 0.3) is 0 Å². The van der Waals surface area contributed by atoms with Crippen molar-refractivity contribution in [1.29, 1.82) is 5.26 Å². The lowest BCUT2D eigenvalue weighted by molar-refractivity contribution is 0.336. The predicted molar refractivity (Wildman–Crippen MR) is 97.9 cm³/mol. The van der Waals surface area contributed by atoms with Gasteiger partial charge in [-0.1, -0.05) is 23.7 Å². The largest absolute Gasteiger partial charge is 0.492 e. The minimum absolute atomic E-state index is 0.569. The summed E-state index contributed by atoms with van der Waals surface area (Å²) in [6.45, 7) is 2.52. The summed E-state index contributed by atoms with van der Waals surface area (Å²) in [6, 6.07) is 13.3. The fourth-order valence-electron chi connectivity index (χ4n) is 1.92. The molecule has 0 N–H and O–H groups in total. The molecule has 0 aliphatic heterocycles. The van der Waals surface area contributed by atoms with Crippen molar-refractivity contribution in [3.8, 4) is 11.8 Å². The fraction of sp³-hybridized carbons (Fsp3) is 0.118. The van der Waals surface area contributed by atoms with Crippen LogP contribution in [-0.2, 0) is 0 Å². The van der Waals surface area contributed by atoms with Gasteiger partial charge in [-0.2, -0.15) is 5.26 Å². The van der Waals surface area contributed by atoms with E-state index < -0.39 is 0 Å². The van der Waals surface area contributed by atoms with Gasteiger partial charge in [0, 0.05) is 5.02 Å². The Morgan fingerprint density at radius 1 is 1.23 bits per heavy atom. The monoisotopic (exact) mass is 439 g/mol. The number of nitriles is 1. The molecule has 0 heterocycles. The lowest BCUT2D eigenvalue weighted by Crippen LogP contribution is -1.94. The summed E-state index contributed by atoms with van der Waals surface area (Å²) >= 11 is 12.9. The molecular formula is C17H12Br2ClNO. The third-order valence-electron chi connectivity index (χ3n) is 2.90. The van der Waals surface area contributed by atoms with Crippen LogP contribution in [0.2, 0.25) is 5.02 Å². The highest BCUT2D eigenvalue weighted by molar-refractivity contribution is 9.11. The molecule has 2 rings (SSSR count). The standard InChI is InChI=1S/C17H12Br2ClNO/c1-2-22-17-15(18)8-11(9-16(17)19)7-13(10-21)12-3-5-14(20)6-4-12/h3-9H,2H2,1H3/b13-7+. The minimum atomic E-state index is 0.569. The van der Waals surface area contributed by atoms with Gasteiger partial charge in [0.2, 0.25) is 0 Å². The molecule has 112 valence electrons. The molecule has 0 aliphatic rings. The second kappa shape index (κ2) is 7.82. The van der Waals surface area contributed by atoms with Crippen molar-refractivity contribution < 1.29 is 4.74 Å². The number of ether oxygens (including phenoxy) is 1. The first-order valence-electron chi connectivity index (χ1n) is 6.54. The molecule has 0 spiro atoms. The Hall–Kier alpha value is -1.28. The zero-order valence-electron chi connectivity index (χ0n) is 11.7. The third-order valence-corrected chi connectivity index (χ3v) is 4.33. The highest BCUT2D eigenvalue weighted by Gasteiger charge is 2.09. The van der Waals surface area contributed by atoms with Crippen LogP contribution in [-0.4, -0.2) is 6.61 Å². The van der Waals surface area contributed by atoms with Crippen molar-refractivity contribution in [2.45, 2.75) is 6.92 Å². The summed E-state index contributed by atoms with van der Waals surface area (Å²) in [5.74, 6) is 0.754. The minimum Gasteiger partial charge on any atom is -0.492 e. The van der Waals surface area contributed by atoms with Gasteiger partial charge in [-0.25, -0.2) is 0 Å². The molecule has 0 saturated heterocycles. The van der Waals surface area contributed by atoms with E-state index >= 15 is 0 Å². The molecule has 0 saturated carbocycles. The molecule has 0 aliphatic carbocycles. The van der Waals surface area contributed by atoms with Crippen LogP contribution in [0.4, 0.5) is 0 Å². The van der Waals surface area contributed by atoms with Gasteiger partial charge < -0.3 is 4.74 Å². The van der Waals surface area contributed by atoms with E-state index in [2.05, 4.69) is 37.9 Å². The number of allylic oxidation sites excluding steroid dienone is 1. The van der Waals surface area contributed by atoms with Crippen LogP contribution in [0, 0.1) is 11.3 Å². The number of rotatable bonds is 4. The molecule has 0 atom stereocenters. The number of halogens is 3. The molecule has 5 heteroatoms. The fourth-order valence-corrected chi connectivity index (χ4v) is 3.50. The Morgan fingerprint density at radius 3 is 2.32 bits per heavy atom. The van der Waals surface area contributed by atoms with Crippen LogP contribution in [0.1, 0.15) is 18.1 Å². The highest BCUT2D eigenvalue weighted by Crippen LogP contribution is 2.35. The molecule has 0 bridgehead atoms. The number of hydrogen-bond donors (Lipinski definition) is 0. The second-order valence-corrected chi connectivity index (χ2v) is 6.57. The van der Waals surface area contributed by atoms with E-state index in [9.17, 15) is 5.26 Å². The average Bonchev–Trinajstić information content (AvgIpc) is 2.49. The van der Waals surface area contributed by atoms with Crippen LogP contribution >= 0.6 is 43.5 Å². The van der Waals surface area contributed by atoms with E-state index in [0.717, 1.165) is 25.8 Å². The van der Waals surface area contributed by atoms with E-state index in [4.69, 9.17) is 16.3 Å². The van der Waals surface area contributed by atoms with Gasteiger partial charge in [0.05, 0.1) is 27.2 Å². The van der Waals surface area contributed by atoms with Crippen molar-refractivity contribution in [3.63, 3.8) is 0 Å². The van der Waals surface area contributed by atoms with Crippen LogP contribution in [0.15, 0.2) is 45.3 Å². The SMILES string of the molecule is CCOc1c(Br)cc(/C=C(\C#N)c2ccc(Cl)cc2)cc1Br. The van der Waals surface area contributed by atoms with Gasteiger partial charge in [-0.3, -0.25) is 0 Å². The van der Waals surface area contributed by atoms with Crippen molar-refractivity contribution in [2.75, 3.05) is 6.61 Å². The molecule has 0 fully saturated rings. The average molecular weight is 442 g/mol. The summed E-state index contributed by atoms with van der Waals surface area (Å²) in [4.78, 5) is 0. The third kappa shape index (κ3) is 4.13. The van der Waals surface area contributed by atoms with Crippen molar-refractivity contribution >= 4 is 55.1 Å². The van der Waals surface area contributed by atoms with E-state index in [1.54, 1.807) is 12.1 Å². The topological polar surface area (TPSA) is 33.0 Å². The number of nitrogens with zero attached hydrogens (tertiary/aromatic N) is 1. The highest BCUT2D eigenvalue weighted by atomic mass is 79.9. The zero-order valence-corrected chi connectivity index (χ0v) is 15.7. The Labute approximate surface area is 151 Å². The van der Waals surface area contributed by atoms with E-state index in [0.29, 0.717) is 17.2 Å². The van der Waals surface area contributed by atoms with Crippen LogP contribution in [0.3, 0.4) is 0 Å². The quantitative estimate of drug-likeness (QED) is 0.410. The van der Waals surface area contributed by atoms with Gasteiger partial charge in [0.15, 0.2) is 0 Å². The molecule has 2 aromatic rings. The summed E-state index contributed by atoms with van der Waals surface area (Å²) in [5.41, 5.74) is 2.29. The number of hydrogen-bond acceptors (Lipinski definition) is 2. The maximum atomic E-state index is 9.39. The lowest BCUT2D eigenvalue weighted by Gasteiger charge is -2.09. The summed E-state index contributed by atoms with van der Waals surface area (Å²) in [6.07, 6.45) is 1.83. The first-order chi connectivity index (χ1) is 10.5. The lowest BCUT2D eigenvalue weighted by atomic mass is 10.0. The zero-order chi connectivity index (χ0) is 16.1. The molecule has 0 amide bonds. The van der Waals surface area contributed by atoms with Crippen molar-refractivity contribution in [2.24, 2.45) is 0 Å². The van der Waals surface area contributed by atoms with E-state index in [1.807, 2.05) is 37.3 Å². The van der Waals surface area contributed by atoms with Gasteiger partial charge >= 0.3 is 0 Å². The van der Waals surface area contributed by atoms with Gasteiger partial charge in [0.1, 0.15) is 5.75 Å². The Bertz CT molecular complexity index is 725. The maximum Gasteiger partial charge on any atom is 0.147 e. The van der Waals surface area contributed by atoms with Crippen molar-refractivity contribution in [1.82, 2.24) is 0 Å². The van der Waals surface area contributed by atoms with Crippen LogP contribution in [0.5, 0.6) is 5.75 Å². The van der Waals surface area contributed by atoms with E-state index in [-0.39, 0.29) is 0 Å². The molecule has 0 aromatic heterocycles.